The van der Waals surface area contributed by atoms with Gasteiger partial charge in [0.1, 0.15) is 0 Å². The van der Waals surface area contributed by atoms with Gasteiger partial charge in [-0.05, 0) is 5.56 Å². The first-order chi connectivity index (χ1) is 7.69. The molecule has 0 spiro atoms. The molecule has 0 fully saturated rings. The molecular weight excluding hydrogens is 206 g/mol. The Morgan fingerprint density at radius 2 is 1.94 bits per heavy atom. The van der Waals surface area contributed by atoms with Crippen molar-refractivity contribution >= 4 is 11.9 Å². The number of amides is 1. The van der Waals surface area contributed by atoms with Crippen LogP contribution in [-0.4, -0.2) is 26.0 Å². The topological polar surface area (TPSA) is 55.4 Å². The van der Waals surface area contributed by atoms with E-state index in [9.17, 15) is 9.59 Å². The van der Waals surface area contributed by atoms with Gasteiger partial charge in [-0.15, -0.1) is 0 Å². The minimum absolute atomic E-state index is 0.0557. The second-order valence-corrected chi connectivity index (χ2v) is 3.36. The van der Waals surface area contributed by atoms with Gasteiger partial charge in [-0.2, -0.15) is 0 Å². The van der Waals surface area contributed by atoms with E-state index in [1.165, 1.54) is 7.11 Å². The Morgan fingerprint density at radius 3 is 2.44 bits per heavy atom. The fourth-order valence-electron chi connectivity index (χ4n) is 1.47. The molecule has 0 bridgehead atoms. The van der Waals surface area contributed by atoms with E-state index in [2.05, 4.69) is 10.1 Å². The lowest BCUT2D eigenvalue weighted by Gasteiger charge is -2.14. The molecule has 86 valence electrons. The van der Waals surface area contributed by atoms with Crippen molar-refractivity contribution in [2.24, 2.45) is 0 Å². The average Bonchev–Trinajstić information content (AvgIpc) is 2.35. The van der Waals surface area contributed by atoms with E-state index in [-0.39, 0.29) is 12.3 Å². The molecule has 1 amide bonds. The first kappa shape index (κ1) is 12.2. The van der Waals surface area contributed by atoms with Crippen LogP contribution in [0.25, 0.3) is 0 Å². The number of carbonyl (C=O) groups excluding carboxylic acids is 2. The minimum Gasteiger partial charge on any atom is -0.469 e. The molecule has 1 N–H and O–H groups in total. The van der Waals surface area contributed by atoms with Crippen LogP contribution in [-0.2, 0) is 14.3 Å². The van der Waals surface area contributed by atoms with Gasteiger partial charge in [-0.1, -0.05) is 30.3 Å². The summed E-state index contributed by atoms with van der Waals surface area (Å²) in [5.74, 6) is -1.06. The zero-order chi connectivity index (χ0) is 12.0. The molecular formula is C12H15NO3. The highest BCUT2D eigenvalue weighted by atomic mass is 16.5. The zero-order valence-electron chi connectivity index (χ0n) is 9.40. The number of ether oxygens (including phenoxy) is 1. The molecule has 4 nitrogen and oxygen atoms in total. The highest BCUT2D eigenvalue weighted by Crippen LogP contribution is 2.20. The lowest BCUT2D eigenvalue weighted by Crippen LogP contribution is -2.27. The summed E-state index contributed by atoms with van der Waals surface area (Å²) in [6.07, 6.45) is 0.0557. The van der Waals surface area contributed by atoms with Crippen molar-refractivity contribution in [1.82, 2.24) is 5.32 Å². The van der Waals surface area contributed by atoms with E-state index in [4.69, 9.17) is 0 Å². The molecule has 0 heterocycles. The van der Waals surface area contributed by atoms with Crippen molar-refractivity contribution in [2.45, 2.75) is 12.3 Å². The molecule has 0 radical (unpaired) electrons. The van der Waals surface area contributed by atoms with Crippen molar-refractivity contribution in [3.63, 3.8) is 0 Å². The van der Waals surface area contributed by atoms with E-state index < -0.39 is 11.9 Å². The fourth-order valence-corrected chi connectivity index (χ4v) is 1.47. The van der Waals surface area contributed by atoms with Gasteiger partial charge < -0.3 is 10.1 Å². The molecule has 0 saturated carbocycles. The van der Waals surface area contributed by atoms with Crippen LogP contribution in [0.15, 0.2) is 30.3 Å². The number of methoxy groups -OCH3 is 1. The highest BCUT2D eigenvalue weighted by molar-refractivity contribution is 5.87. The molecule has 0 aliphatic rings. The Morgan fingerprint density at radius 1 is 1.31 bits per heavy atom. The first-order valence-corrected chi connectivity index (χ1v) is 5.02. The first-order valence-electron chi connectivity index (χ1n) is 5.02. The smallest absolute Gasteiger partial charge is 0.306 e. The number of hydrogen-bond acceptors (Lipinski definition) is 3. The van der Waals surface area contributed by atoms with Crippen LogP contribution in [0, 0.1) is 0 Å². The van der Waals surface area contributed by atoms with E-state index in [0.717, 1.165) is 5.56 Å². The van der Waals surface area contributed by atoms with Crippen molar-refractivity contribution < 1.29 is 14.3 Å². The molecule has 1 aromatic rings. The molecule has 0 saturated heterocycles. The van der Waals surface area contributed by atoms with Gasteiger partial charge in [0.25, 0.3) is 0 Å². The number of benzene rings is 1. The number of esters is 1. The third-order valence-corrected chi connectivity index (χ3v) is 2.36. The monoisotopic (exact) mass is 221 g/mol. The molecule has 0 aliphatic heterocycles. The van der Waals surface area contributed by atoms with Gasteiger partial charge in [0.15, 0.2) is 0 Å². The maximum atomic E-state index is 11.6. The Kier molecular flexibility index (Phi) is 4.51. The fraction of sp³-hybridized carbons (Fsp3) is 0.333. The number of rotatable bonds is 4. The van der Waals surface area contributed by atoms with Crippen LogP contribution in [0.2, 0.25) is 0 Å². The summed E-state index contributed by atoms with van der Waals surface area (Å²) in [7, 11) is 2.86. The van der Waals surface area contributed by atoms with Crippen LogP contribution in [0.5, 0.6) is 0 Å². The zero-order valence-corrected chi connectivity index (χ0v) is 9.40. The highest BCUT2D eigenvalue weighted by Gasteiger charge is 2.22. The lowest BCUT2D eigenvalue weighted by molar-refractivity contribution is -0.142. The van der Waals surface area contributed by atoms with Gasteiger partial charge in [0.05, 0.1) is 19.4 Å². The summed E-state index contributed by atoms with van der Waals surface area (Å²) < 4.78 is 4.58. The van der Waals surface area contributed by atoms with Crippen LogP contribution < -0.4 is 5.32 Å². The normalized spacial score (nSPS) is 11.6. The van der Waals surface area contributed by atoms with Crippen molar-refractivity contribution in [2.75, 3.05) is 14.2 Å². The summed E-state index contributed by atoms with van der Waals surface area (Å²) in [6.45, 7) is 0. The van der Waals surface area contributed by atoms with Crippen LogP contribution in [0.1, 0.15) is 17.9 Å². The van der Waals surface area contributed by atoms with Gasteiger partial charge in [0.2, 0.25) is 5.91 Å². The Hall–Kier alpha value is -1.84. The number of hydrogen-bond donors (Lipinski definition) is 1. The Balaban J connectivity index is 2.88. The number of carbonyl (C=O) groups is 2. The summed E-state index contributed by atoms with van der Waals surface area (Å²) >= 11 is 0. The Labute approximate surface area is 94.6 Å². The van der Waals surface area contributed by atoms with Gasteiger partial charge >= 0.3 is 5.97 Å². The largest absolute Gasteiger partial charge is 0.469 e. The molecule has 16 heavy (non-hydrogen) atoms. The van der Waals surface area contributed by atoms with Crippen molar-refractivity contribution in [3.8, 4) is 0 Å². The van der Waals surface area contributed by atoms with E-state index in [0.29, 0.717) is 0 Å². The molecule has 4 heteroatoms. The molecule has 1 rings (SSSR count). The molecule has 1 unspecified atom stereocenters. The Bertz CT molecular complexity index is 362. The van der Waals surface area contributed by atoms with Gasteiger partial charge in [0, 0.05) is 7.05 Å². The molecule has 0 aliphatic carbocycles. The summed E-state index contributed by atoms with van der Waals surface area (Å²) in [5.41, 5.74) is 0.812. The minimum atomic E-state index is -0.487. The van der Waals surface area contributed by atoms with Crippen LogP contribution in [0.3, 0.4) is 0 Å². The second-order valence-electron chi connectivity index (χ2n) is 3.36. The average molecular weight is 221 g/mol. The summed E-state index contributed by atoms with van der Waals surface area (Å²) in [5, 5.41) is 2.55. The quantitative estimate of drug-likeness (QED) is 0.774. The predicted octanol–water partition coefficient (Wildman–Crippen LogP) is 1.08. The van der Waals surface area contributed by atoms with E-state index in [1.807, 2.05) is 30.3 Å². The molecule has 1 aromatic carbocycles. The summed E-state index contributed by atoms with van der Waals surface area (Å²) in [6, 6.07) is 9.18. The maximum Gasteiger partial charge on any atom is 0.306 e. The van der Waals surface area contributed by atoms with Crippen molar-refractivity contribution in [1.29, 1.82) is 0 Å². The standard InChI is InChI=1S/C12H15NO3/c1-13-12(15)10(8-11(14)16-2)9-6-4-3-5-7-9/h3-7,10H,8H2,1-2H3,(H,13,15). The predicted molar refractivity (Wildman–Crippen MR) is 59.9 cm³/mol. The maximum absolute atomic E-state index is 11.6. The number of nitrogens with one attached hydrogen (secondary N) is 1. The lowest BCUT2D eigenvalue weighted by atomic mass is 9.95. The third-order valence-electron chi connectivity index (χ3n) is 2.36. The SMILES string of the molecule is CNC(=O)C(CC(=O)OC)c1ccccc1. The van der Waals surface area contributed by atoms with Crippen LogP contribution in [0.4, 0.5) is 0 Å². The molecule has 0 aromatic heterocycles. The number of likely N-dealkylation sites (N-methyl/N-ethyl adjacent to an activating group) is 1. The molecule has 1 atom stereocenters. The van der Waals surface area contributed by atoms with Crippen LogP contribution >= 0.6 is 0 Å². The van der Waals surface area contributed by atoms with E-state index in [1.54, 1.807) is 7.05 Å². The van der Waals surface area contributed by atoms with Crippen molar-refractivity contribution in [3.05, 3.63) is 35.9 Å². The second kappa shape index (κ2) is 5.90. The summed E-state index contributed by atoms with van der Waals surface area (Å²) in [4.78, 5) is 22.9. The third kappa shape index (κ3) is 3.08. The van der Waals surface area contributed by atoms with Gasteiger partial charge in [-0.3, -0.25) is 9.59 Å². The van der Waals surface area contributed by atoms with Gasteiger partial charge in [-0.25, -0.2) is 0 Å². The van der Waals surface area contributed by atoms with E-state index >= 15 is 0 Å².